The highest BCUT2D eigenvalue weighted by Crippen LogP contribution is 2.33. The number of hydrogen-bond acceptors (Lipinski definition) is 8. The Labute approximate surface area is 218 Å². The van der Waals surface area contributed by atoms with Crippen LogP contribution in [0.25, 0.3) is 10.9 Å². The predicted molar refractivity (Wildman–Crippen MR) is 138 cm³/mol. The number of fused-ring (bicyclic) bond motifs is 2. The maximum Gasteiger partial charge on any atom is 0.337 e. The second-order valence-electron chi connectivity index (χ2n) is 8.55. The fourth-order valence-corrected chi connectivity index (χ4v) is 5.57. The number of carbonyl (C=O) groups is 1. The van der Waals surface area contributed by atoms with Gasteiger partial charge in [-0.05, 0) is 66.2 Å². The fourth-order valence-electron chi connectivity index (χ4n) is 4.16. The molecule has 0 aliphatic carbocycles. The molecule has 196 valence electrons. The second kappa shape index (κ2) is 10.2. The van der Waals surface area contributed by atoms with E-state index in [9.17, 15) is 18.0 Å². The van der Waals surface area contributed by atoms with Crippen LogP contribution < -0.4 is 19.8 Å². The molecular formula is C27H24N2O8S. The lowest BCUT2D eigenvalue weighted by Crippen LogP contribution is -2.32. The lowest BCUT2D eigenvalue weighted by molar-refractivity contribution is 0.0600. The number of methoxy groups -OCH3 is 2. The molecule has 1 N–H and O–H groups in total. The number of nitrogens with one attached hydrogen (secondary N) is 1. The molecular weight excluding hydrogens is 512 g/mol. The van der Waals surface area contributed by atoms with E-state index < -0.39 is 21.6 Å². The summed E-state index contributed by atoms with van der Waals surface area (Å²) in [5.74, 6) is 1.11. The van der Waals surface area contributed by atoms with Crippen LogP contribution in [0.5, 0.6) is 17.2 Å². The Kier molecular flexibility index (Phi) is 6.79. The molecule has 0 fully saturated rings. The standard InChI is InChI=1S/C27H24N2O8S/c1-34-21-6-9-23-19(13-21)12-20(26(30)28-23)15-29(14-17-3-10-24-25(11-17)37-16-36-24)38(32,33)22-7-4-18(5-8-22)27(31)35-2/h3-13H,14-16H2,1-2H3,(H,28,30). The van der Waals surface area contributed by atoms with E-state index in [0.717, 1.165) is 0 Å². The summed E-state index contributed by atoms with van der Waals surface area (Å²) in [6.07, 6.45) is 0. The number of hydrogen-bond donors (Lipinski definition) is 1. The van der Waals surface area contributed by atoms with Crippen LogP contribution in [0.1, 0.15) is 21.5 Å². The molecule has 0 radical (unpaired) electrons. The molecule has 5 rings (SSSR count). The Morgan fingerprint density at radius 3 is 2.45 bits per heavy atom. The predicted octanol–water partition coefficient (Wildman–Crippen LogP) is 3.44. The van der Waals surface area contributed by atoms with Crippen LogP contribution in [0.2, 0.25) is 0 Å². The van der Waals surface area contributed by atoms with Gasteiger partial charge in [-0.15, -0.1) is 0 Å². The lowest BCUT2D eigenvalue weighted by Gasteiger charge is -2.23. The molecule has 0 bridgehead atoms. The minimum Gasteiger partial charge on any atom is -0.497 e. The largest absolute Gasteiger partial charge is 0.497 e. The minimum atomic E-state index is -4.11. The van der Waals surface area contributed by atoms with Crippen molar-refractivity contribution >= 4 is 26.9 Å². The van der Waals surface area contributed by atoms with Crippen molar-refractivity contribution in [2.45, 2.75) is 18.0 Å². The number of esters is 1. The first-order valence-electron chi connectivity index (χ1n) is 11.6. The molecule has 0 saturated carbocycles. The number of sulfonamides is 1. The maximum absolute atomic E-state index is 13.8. The number of aromatic amines is 1. The van der Waals surface area contributed by atoms with Crippen molar-refractivity contribution in [1.82, 2.24) is 9.29 Å². The third-order valence-corrected chi connectivity index (χ3v) is 7.99. The van der Waals surface area contributed by atoms with Crippen LogP contribution in [-0.4, -0.2) is 44.7 Å². The quantitative estimate of drug-likeness (QED) is 0.340. The van der Waals surface area contributed by atoms with Crippen molar-refractivity contribution in [3.63, 3.8) is 0 Å². The van der Waals surface area contributed by atoms with E-state index in [1.54, 1.807) is 49.6 Å². The summed E-state index contributed by atoms with van der Waals surface area (Å²) in [5, 5.41) is 0.696. The molecule has 0 spiro atoms. The first kappa shape index (κ1) is 25.3. The van der Waals surface area contributed by atoms with Gasteiger partial charge in [0.2, 0.25) is 16.8 Å². The number of carbonyl (C=O) groups excluding carboxylic acids is 1. The highest BCUT2D eigenvalue weighted by Gasteiger charge is 2.27. The highest BCUT2D eigenvalue weighted by atomic mass is 32.2. The molecule has 0 saturated heterocycles. The van der Waals surface area contributed by atoms with Gasteiger partial charge in [-0.2, -0.15) is 4.31 Å². The second-order valence-corrected chi connectivity index (χ2v) is 10.5. The van der Waals surface area contributed by atoms with E-state index in [-0.39, 0.29) is 35.9 Å². The van der Waals surface area contributed by atoms with E-state index >= 15 is 0 Å². The summed E-state index contributed by atoms with van der Waals surface area (Å²) in [5.41, 5.74) is 1.30. The third-order valence-electron chi connectivity index (χ3n) is 6.18. The Morgan fingerprint density at radius 1 is 0.947 bits per heavy atom. The fraction of sp³-hybridized carbons (Fsp3) is 0.185. The molecule has 10 nitrogen and oxygen atoms in total. The van der Waals surface area contributed by atoms with Crippen LogP contribution in [0.4, 0.5) is 0 Å². The monoisotopic (exact) mass is 536 g/mol. The van der Waals surface area contributed by atoms with Gasteiger partial charge >= 0.3 is 5.97 Å². The Morgan fingerprint density at radius 2 is 1.71 bits per heavy atom. The zero-order valence-electron chi connectivity index (χ0n) is 20.6. The zero-order chi connectivity index (χ0) is 26.9. The summed E-state index contributed by atoms with van der Waals surface area (Å²) in [6, 6.07) is 17.5. The highest BCUT2D eigenvalue weighted by molar-refractivity contribution is 7.89. The molecule has 38 heavy (non-hydrogen) atoms. The van der Waals surface area contributed by atoms with Crippen molar-refractivity contribution < 1.29 is 32.2 Å². The van der Waals surface area contributed by atoms with Crippen molar-refractivity contribution in [2.75, 3.05) is 21.0 Å². The van der Waals surface area contributed by atoms with Gasteiger partial charge in [-0.25, -0.2) is 13.2 Å². The number of ether oxygens (including phenoxy) is 4. The molecule has 4 aromatic rings. The van der Waals surface area contributed by atoms with E-state index in [4.69, 9.17) is 18.9 Å². The van der Waals surface area contributed by atoms with Crippen LogP contribution >= 0.6 is 0 Å². The van der Waals surface area contributed by atoms with E-state index in [2.05, 4.69) is 4.98 Å². The zero-order valence-corrected chi connectivity index (χ0v) is 21.4. The van der Waals surface area contributed by atoms with Gasteiger partial charge in [0.25, 0.3) is 5.56 Å². The first-order valence-corrected chi connectivity index (χ1v) is 13.0. The summed E-state index contributed by atoms with van der Waals surface area (Å²) >= 11 is 0. The van der Waals surface area contributed by atoms with Gasteiger partial charge in [-0.1, -0.05) is 6.07 Å². The Balaban J connectivity index is 1.55. The van der Waals surface area contributed by atoms with Gasteiger partial charge in [0.15, 0.2) is 11.5 Å². The number of rotatable bonds is 8. The summed E-state index contributed by atoms with van der Waals surface area (Å²) in [4.78, 5) is 27.5. The smallest absolute Gasteiger partial charge is 0.337 e. The van der Waals surface area contributed by atoms with Crippen molar-refractivity contribution in [3.8, 4) is 17.2 Å². The van der Waals surface area contributed by atoms with Crippen LogP contribution in [0.15, 0.2) is 76.4 Å². The van der Waals surface area contributed by atoms with Gasteiger partial charge in [0.1, 0.15) is 5.75 Å². The number of benzene rings is 3. The lowest BCUT2D eigenvalue weighted by atomic mass is 10.1. The maximum atomic E-state index is 13.8. The molecule has 0 unspecified atom stereocenters. The number of aromatic nitrogens is 1. The van der Waals surface area contributed by atoms with Gasteiger partial charge in [0, 0.05) is 29.6 Å². The minimum absolute atomic E-state index is 0.0372. The molecule has 1 aliphatic rings. The van der Waals surface area contributed by atoms with E-state index in [0.29, 0.717) is 33.7 Å². The summed E-state index contributed by atoms with van der Waals surface area (Å²) in [7, 11) is -1.32. The van der Waals surface area contributed by atoms with Gasteiger partial charge < -0.3 is 23.9 Å². The van der Waals surface area contributed by atoms with Crippen LogP contribution in [0, 0.1) is 0 Å². The van der Waals surface area contributed by atoms with E-state index in [1.165, 1.54) is 35.7 Å². The third kappa shape index (κ3) is 4.93. The Bertz CT molecular complexity index is 1680. The van der Waals surface area contributed by atoms with E-state index in [1.807, 2.05) is 0 Å². The van der Waals surface area contributed by atoms with Crippen LogP contribution in [-0.2, 0) is 27.8 Å². The SMILES string of the molecule is COC(=O)c1ccc(S(=O)(=O)N(Cc2ccc3c(c2)OCO3)Cc2cc3cc(OC)ccc3[nH]c2=O)cc1. The van der Waals surface area contributed by atoms with Crippen molar-refractivity contribution in [1.29, 1.82) is 0 Å². The average molecular weight is 537 g/mol. The molecule has 1 aliphatic heterocycles. The summed E-state index contributed by atoms with van der Waals surface area (Å²) in [6.45, 7) is -0.172. The number of H-pyrrole nitrogens is 1. The van der Waals surface area contributed by atoms with Crippen molar-refractivity contribution in [2.24, 2.45) is 0 Å². The van der Waals surface area contributed by atoms with Gasteiger partial charge in [-0.3, -0.25) is 4.79 Å². The first-order chi connectivity index (χ1) is 18.3. The normalized spacial score (nSPS) is 12.6. The summed E-state index contributed by atoms with van der Waals surface area (Å²) < 4.78 is 49.6. The molecule has 1 aromatic heterocycles. The van der Waals surface area contributed by atoms with Crippen molar-refractivity contribution in [3.05, 3.63) is 93.8 Å². The molecule has 2 heterocycles. The molecule has 0 atom stereocenters. The molecule has 3 aromatic carbocycles. The molecule has 11 heteroatoms. The topological polar surface area (TPSA) is 124 Å². The average Bonchev–Trinajstić information content (AvgIpc) is 3.40. The number of pyridine rings is 1. The molecule has 0 amide bonds. The Hall–Kier alpha value is -4.35. The van der Waals surface area contributed by atoms with Crippen LogP contribution in [0.3, 0.4) is 0 Å². The number of nitrogens with zero attached hydrogens (tertiary/aromatic N) is 1. The van der Waals surface area contributed by atoms with Gasteiger partial charge in [0.05, 0.1) is 24.7 Å².